The van der Waals surface area contributed by atoms with Crippen LogP contribution in [0.2, 0.25) is 0 Å². The van der Waals surface area contributed by atoms with E-state index < -0.39 is 12.1 Å². The van der Waals surface area contributed by atoms with Crippen molar-refractivity contribution in [1.29, 1.82) is 0 Å². The maximum Gasteiger partial charge on any atom is 0.355 e. The summed E-state index contributed by atoms with van der Waals surface area (Å²) < 4.78 is 7.05. The molecule has 0 bridgehead atoms. The van der Waals surface area contributed by atoms with Gasteiger partial charge < -0.3 is 14.2 Å². The van der Waals surface area contributed by atoms with E-state index in [0.717, 1.165) is 32.4 Å². The highest BCUT2D eigenvalue weighted by molar-refractivity contribution is 5.91. The lowest BCUT2D eigenvalue weighted by Crippen LogP contribution is -2.44. The molecule has 5 heteroatoms. The average molecular weight is 354 g/mol. The number of hydrogen-bond donors (Lipinski definition) is 0. The Kier molecular flexibility index (Phi) is 5.76. The zero-order valence-corrected chi connectivity index (χ0v) is 15.4. The van der Waals surface area contributed by atoms with Gasteiger partial charge in [-0.15, -0.1) is 0 Å². The number of carbonyl (C=O) groups is 2. The number of benzene rings is 1. The predicted octanol–water partition coefficient (Wildman–Crippen LogP) is 3.05. The van der Waals surface area contributed by atoms with Gasteiger partial charge in [-0.05, 0) is 49.8 Å². The maximum absolute atomic E-state index is 12.6. The molecule has 0 unspecified atom stereocenters. The van der Waals surface area contributed by atoms with Gasteiger partial charge in [-0.2, -0.15) is 0 Å². The molecule has 1 aliphatic rings. The molecule has 1 saturated heterocycles. The maximum atomic E-state index is 12.6. The Bertz CT molecular complexity index is 746. The van der Waals surface area contributed by atoms with E-state index in [2.05, 4.69) is 24.3 Å². The lowest BCUT2D eigenvalue weighted by atomic mass is 9.90. The molecule has 138 valence electrons. The van der Waals surface area contributed by atoms with E-state index in [-0.39, 0.29) is 5.91 Å². The van der Waals surface area contributed by atoms with Crippen molar-refractivity contribution in [3.8, 4) is 0 Å². The molecule has 0 aliphatic carbocycles. The van der Waals surface area contributed by atoms with Gasteiger partial charge in [0.15, 0.2) is 6.10 Å². The Balaban J connectivity index is 1.48. The van der Waals surface area contributed by atoms with E-state index in [1.165, 1.54) is 5.56 Å². The number of piperidine rings is 1. The highest BCUT2D eigenvalue weighted by atomic mass is 16.5. The third-order valence-electron chi connectivity index (χ3n) is 5.08. The minimum Gasteiger partial charge on any atom is -0.448 e. The Morgan fingerprint density at radius 2 is 1.81 bits per heavy atom. The quantitative estimate of drug-likeness (QED) is 0.776. The smallest absolute Gasteiger partial charge is 0.355 e. The Morgan fingerprint density at radius 3 is 2.42 bits per heavy atom. The number of ether oxygens (including phenoxy) is 1. The topological polar surface area (TPSA) is 51.5 Å². The highest BCUT2D eigenvalue weighted by Gasteiger charge is 2.28. The summed E-state index contributed by atoms with van der Waals surface area (Å²) in [5, 5.41) is 0. The molecule has 26 heavy (non-hydrogen) atoms. The van der Waals surface area contributed by atoms with E-state index >= 15 is 0 Å². The van der Waals surface area contributed by atoms with Crippen molar-refractivity contribution in [3.05, 3.63) is 59.9 Å². The summed E-state index contributed by atoms with van der Waals surface area (Å²) in [5.74, 6) is 0.0331. The summed E-state index contributed by atoms with van der Waals surface area (Å²) in [5.41, 5.74) is 1.80. The second kappa shape index (κ2) is 8.21. The molecule has 5 nitrogen and oxygen atoms in total. The number of nitrogens with zero attached hydrogens (tertiary/aromatic N) is 2. The van der Waals surface area contributed by atoms with Gasteiger partial charge in [0, 0.05) is 26.3 Å². The van der Waals surface area contributed by atoms with E-state index in [1.54, 1.807) is 36.9 Å². The number of esters is 1. The van der Waals surface area contributed by atoms with Crippen LogP contribution >= 0.6 is 0 Å². The lowest BCUT2D eigenvalue weighted by molar-refractivity contribution is -0.141. The van der Waals surface area contributed by atoms with Crippen molar-refractivity contribution < 1.29 is 14.3 Å². The number of carbonyl (C=O) groups excluding carboxylic acids is 2. The van der Waals surface area contributed by atoms with Crippen LogP contribution in [0.3, 0.4) is 0 Å². The molecule has 2 heterocycles. The zero-order chi connectivity index (χ0) is 18.5. The molecule has 1 aliphatic heterocycles. The highest BCUT2D eigenvalue weighted by Crippen LogP contribution is 2.22. The molecule has 2 aromatic rings. The van der Waals surface area contributed by atoms with Crippen LogP contribution in [0.5, 0.6) is 0 Å². The van der Waals surface area contributed by atoms with E-state index in [9.17, 15) is 9.59 Å². The summed E-state index contributed by atoms with van der Waals surface area (Å²) >= 11 is 0. The van der Waals surface area contributed by atoms with Gasteiger partial charge in [0.25, 0.3) is 5.91 Å². The number of hydrogen-bond acceptors (Lipinski definition) is 3. The van der Waals surface area contributed by atoms with Crippen molar-refractivity contribution in [1.82, 2.24) is 9.47 Å². The molecule has 1 aromatic carbocycles. The van der Waals surface area contributed by atoms with Crippen molar-refractivity contribution in [2.75, 3.05) is 13.1 Å². The molecule has 0 saturated carbocycles. The summed E-state index contributed by atoms with van der Waals surface area (Å²) in [6, 6.07) is 13.9. The molecular formula is C21H26N2O3. The molecule has 1 aromatic heterocycles. The average Bonchev–Trinajstić information content (AvgIpc) is 3.08. The fraction of sp³-hybridized carbons (Fsp3) is 0.429. The third-order valence-corrected chi connectivity index (χ3v) is 5.08. The van der Waals surface area contributed by atoms with Crippen LogP contribution in [0.1, 0.15) is 35.8 Å². The second-order valence-corrected chi connectivity index (χ2v) is 7.01. The van der Waals surface area contributed by atoms with Crippen LogP contribution in [0.25, 0.3) is 0 Å². The fourth-order valence-electron chi connectivity index (χ4n) is 3.51. The summed E-state index contributed by atoms with van der Waals surface area (Å²) in [6.45, 7) is 3.10. The van der Waals surface area contributed by atoms with Crippen LogP contribution in [0.4, 0.5) is 0 Å². The van der Waals surface area contributed by atoms with Gasteiger partial charge in [-0.25, -0.2) is 4.79 Å². The number of likely N-dealkylation sites (tertiary alicyclic amines) is 1. The molecule has 0 radical (unpaired) electrons. The zero-order valence-electron chi connectivity index (χ0n) is 15.4. The summed E-state index contributed by atoms with van der Waals surface area (Å²) in [4.78, 5) is 26.6. The van der Waals surface area contributed by atoms with E-state index in [4.69, 9.17) is 4.74 Å². The first-order valence-corrected chi connectivity index (χ1v) is 9.19. The second-order valence-electron chi connectivity index (χ2n) is 7.01. The lowest BCUT2D eigenvalue weighted by Gasteiger charge is -2.33. The Morgan fingerprint density at radius 1 is 1.12 bits per heavy atom. The molecule has 0 spiro atoms. The van der Waals surface area contributed by atoms with E-state index in [1.807, 2.05) is 11.0 Å². The minimum atomic E-state index is -0.761. The normalized spacial score (nSPS) is 16.3. The van der Waals surface area contributed by atoms with Crippen LogP contribution in [0, 0.1) is 5.92 Å². The third kappa shape index (κ3) is 4.34. The first-order chi connectivity index (χ1) is 12.5. The van der Waals surface area contributed by atoms with Crippen LogP contribution in [-0.2, 0) is 23.0 Å². The van der Waals surface area contributed by atoms with E-state index in [0.29, 0.717) is 11.6 Å². The van der Waals surface area contributed by atoms with Gasteiger partial charge in [-0.3, -0.25) is 4.79 Å². The molecule has 1 amide bonds. The first kappa shape index (κ1) is 18.2. The van der Waals surface area contributed by atoms with Gasteiger partial charge in [0.05, 0.1) is 0 Å². The number of amides is 1. The number of aryl methyl sites for hydroxylation is 1. The van der Waals surface area contributed by atoms with Crippen molar-refractivity contribution in [3.63, 3.8) is 0 Å². The van der Waals surface area contributed by atoms with Crippen LogP contribution < -0.4 is 0 Å². The van der Waals surface area contributed by atoms with Crippen LogP contribution in [0.15, 0.2) is 48.7 Å². The van der Waals surface area contributed by atoms with Crippen molar-refractivity contribution in [2.24, 2.45) is 13.0 Å². The molecule has 1 atom stereocenters. The van der Waals surface area contributed by atoms with Gasteiger partial charge in [0.2, 0.25) is 0 Å². The molecular weight excluding hydrogens is 328 g/mol. The molecule has 0 N–H and O–H groups in total. The molecule has 3 rings (SSSR count). The standard InChI is InChI=1S/C21H26N2O3/c1-16(26-21(25)19-9-6-12-22(19)2)20(24)23-13-10-18(11-14-23)15-17-7-4-3-5-8-17/h3-9,12,16,18H,10-11,13-15H2,1-2H3/t16-/m0/s1. The SMILES string of the molecule is C[C@H](OC(=O)c1cccn1C)C(=O)N1CCC(Cc2ccccc2)CC1. The van der Waals surface area contributed by atoms with Crippen molar-refractivity contribution in [2.45, 2.75) is 32.3 Å². The molecule has 1 fully saturated rings. The first-order valence-electron chi connectivity index (χ1n) is 9.19. The van der Waals surface area contributed by atoms with Crippen molar-refractivity contribution >= 4 is 11.9 Å². The monoisotopic (exact) mass is 354 g/mol. The number of aromatic nitrogens is 1. The van der Waals surface area contributed by atoms with Gasteiger partial charge in [0.1, 0.15) is 5.69 Å². The summed E-state index contributed by atoms with van der Waals surface area (Å²) in [7, 11) is 1.78. The Hall–Kier alpha value is -2.56. The fourth-order valence-corrected chi connectivity index (χ4v) is 3.51. The summed E-state index contributed by atoms with van der Waals surface area (Å²) in [6.07, 6.45) is 4.04. The van der Waals surface area contributed by atoms with Crippen LogP contribution in [-0.4, -0.2) is 40.5 Å². The Labute approximate surface area is 154 Å². The predicted molar refractivity (Wildman–Crippen MR) is 99.7 cm³/mol. The number of rotatable bonds is 5. The minimum absolute atomic E-state index is 0.106. The largest absolute Gasteiger partial charge is 0.448 e. The van der Waals surface area contributed by atoms with Gasteiger partial charge in [-0.1, -0.05) is 30.3 Å². The van der Waals surface area contributed by atoms with Gasteiger partial charge >= 0.3 is 5.97 Å².